The van der Waals surface area contributed by atoms with Crippen LogP contribution < -0.4 is 10.1 Å². The molecule has 0 unspecified atom stereocenters. The average molecular weight is 467 g/mol. The summed E-state index contributed by atoms with van der Waals surface area (Å²) in [6.07, 6.45) is 6.88. The van der Waals surface area contributed by atoms with Crippen LogP contribution in [0.1, 0.15) is 31.7 Å². The number of benzene rings is 1. The van der Waals surface area contributed by atoms with Crippen molar-refractivity contribution in [3.05, 3.63) is 40.1 Å². The van der Waals surface area contributed by atoms with E-state index in [-0.39, 0.29) is 5.91 Å². The molecule has 0 saturated heterocycles. The molecule has 0 fully saturated rings. The Kier molecular flexibility index (Phi) is 9.05. The van der Waals surface area contributed by atoms with Crippen molar-refractivity contribution in [3.8, 4) is 5.75 Å². The molecule has 8 heteroatoms. The van der Waals surface area contributed by atoms with E-state index in [2.05, 4.69) is 49.9 Å². The number of aryl methyl sites for hydroxylation is 1. The van der Waals surface area contributed by atoms with Crippen LogP contribution in [0, 0.1) is 5.92 Å². The van der Waals surface area contributed by atoms with Crippen molar-refractivity contribution in [2.45, 2.75) is 38.4 Å². The molecule has 1 aromatic heterocycles. The van der Waals surface area contributed by atoms with Crippen molar-refractivity contribution >= 4 is 39.7 Å². The summed E-state index contributed by atoms with van der Waals surface area (Å²) < 4.78 is 8.42. The summed E-state index contributed by atoms with van der Waals surface area (Å²) in [5, 5.41) is 12.4. The van der Waals surface area contributed by atoms with E-state index in [1.165, 1.54) is 6.08 Å². The van der Waals surface area contributed by atoms with Crippen LogP contribution >= 0.6 is 27.7 Å². The van der Waals surface area contributed by atoms with Gasteiger partial charge in [-0.15, -0.1) is 10.2 Å². The van der Waals surface area contributed by atoms with Crippen LogP contribution in [0.2, 0.25) is 0 Å². The van der Waals surface area contributed by atoms with Crippen LogP contribution in [-0.2, 0) is 17.8 Å². The second-order valence-electron chi connectivity index (χ2n) is 6.72. The smallest absolute Gasteiger partial charge is 0.244 e. The van der Waals surface area contributed by atoms with Crippen LogP contribution in [0.3, 0.4) is 0 Å². The molecule has 0 aliphatic heterocycles. The molecule has 0 aliphatic rings. The second kappa shape index (κ2) is 11.3. The Bertz CT molecular complexity index is 821. The highest BCUT2D eigenvalue weighted by molar-refractivity contribution is 9.10. The molecule has 6 nitrogen and oxygen atoms in total. The van der Waals surface area contributed by atoms with Crippen LogP contribution in [0.25, 0.3) is 6.08 Å². The Labute approximate surface area is 179 Å². The van der Waals surface area contributed by atoms with Gasteiger partial charge in [0, 0.05) is 35.6 Å². The highest BCUT2D eigenvalue weighted by Gasteiger charge is 2.12. The molecule has 1 amide bonds. The van der Waals surface area contributed by atoms with Gasteiger partial charge in [0.05, 0.1) is 7.11 Å². The third kappa shape index (κ3) is 6.67. The molecule has 1 aromatic carbocycles. The largest absolute Gasteiger partial charge is 0.496 e. The lowest BCUT2D eigenvalue weighted by molar-refractivity contribution is -0.116. The Hall–Kier alpha value is -1.80. The number of hydrogen-bond acceptors (Lipinski definition) is 5. The van der Waals surface area contributed by atoms with Gasteiger partial charge in [-0.1, -0.05) is 41.5 Å². The highest BCUT2D eigenvalue weighted by Crippen LogP contribution is 2.24. The summed E-state index contributed by atoms with van der Waals surface area (Å²) in [5.41, 5.74) is 0.846. The summed E-state index contributed by atoms with van der Waals surface area (Å²) in [5.74, 6) is 2.10. The molecule has 28 heavy (non-hydrogen) atoms. The zero-order valence-corrected chi connectivity index (χ0v) is 19.1. The molecule has 0 radical (unpaired) electrons. The van der Waals surface area contributed by atoms with E-state index < -0.39 is 0 Å². The number of methoxy groups -OCH3 is 1. The molecule has 0 bridgehead atoms. The first-order chi connectivity index (χ1) is 13.4. The van der Waals surface area contributed by atoms with Gasteiger partial charge < -0.3 is 14.6 Å². The van der Waals surface area contributed by atoms with Gasteiger partial charge >= 0.3 is 0 Å². The van der Waals surface area contributed by atoms with E-state index in [9.17, 15) is 4.79 Å². The first kappa shape index (κ1) is 22.5. The van der Waals surface area contributed by atoms with Gasteiger partial charge in [-0.05, 0) is 42.9 Å². The predicted molar refractivity (Wildman–Crippen MR) is 118 cm³/mol. The number of nitrogens with zero attached hydrogens (tertiary/aromatic N) is 3. The van der Waals surface area contributed by atoms with Crippen molar-refractivity contribution in [2.24, 2.45) is 5.92 Å². The van der Waals surface area contributed by atoms with E-state index in [0.29, 0.717) is 12.5 Å². The fourth-order valence-electron chi connectivity index (χ4n) is 2.72. The lowest BCUT2D eigenvalue weighted by Gasteiger charge is -2.11. The minimum absolute atomic E-state index is 0.129. The van der Waals surface area contributed by atoms with Crippen molar-refractivity contribution in [3.63, 3.8) is 0 Å². The monoisotopic (exact) mass is 466 g/mol. The van der Waals surface area contributed by atoms with Crippen molar-refractivity contribution in [1.82, 2.24) is 20.1 Å². The van der Waals surface area contributed by atoms with Crippen LogP contribution in [-0.4, -0.2) is 40.6 Å². The van der Waals surface area contributed by atoms with E-state index in [1.807, 2.05) is 24.5 Å². The summed E-state index contributed by atoms with van der Waals surface area (Å²) >= 11 is 5.04. The number of carbonyl (C=O) groups is 1. The number of halogens is 1. The van der Waals surface area contributed by atoms with Gasteiger partial charge in [-0.25, -0.2) is 0 Å². The van der Waals surface area contributed by atoms with Gasteiger partial charge in [0.25, 0.3) is 0 Å². The number of ether oxygens (including phenoxy) is 1. The van der Waals surface area contributed by atoms with Crippen molar-refractivity contribution < 1.29 is 9.53 Å². The molecular formula is C20H27BrN4O2S. The normalized spacial score (nSPS) is 11.4. The molecule has 2 rings (SSSR count). The molecule has 0 atom stereocenters. The van der Waals surface area contributed by atoms with E-state index in [4.69, 9.17) is 4.74 Å². The van der Waals surface area contributed by atoms with Gasteiger partial charge in [0.2, 0.25) is 5.91 Å². The Morgan fingerprint density at radius 2 is 2.18 bits per heavy atom. The zero-order chi connectivity index (χ0) is 20.5. The predicted octanol–water partition coefficient (Wildman–Crippen LogP) is 4.19. The van der Waals surface area contributed by atoms with Gasteiger partial charge in [0.15, 0.2) is 5.16 Å². The maximum Gasteiger partial charge on any atom is 0.244 e. The fourth-order valence-corrected chi connectivity index (χ4v) is 3.62. The Balaban J connectivity index is 1.85. The Morgan fingerprint density at radius 3 is 2.86 bits per heavy atom. The van der Waals surface area contributed by atoms with E-state index in [0.717, 1.165) is 46.2 Å². The van der Waals surface area contributed by atoms with Crippen molar-refractivity contribution in [2.75, 3.05) is 19.9 Å². The average Bonchev–Trinajstić information content (AvgIpc) is 3.04. The van der Waals surface area contributed by atoms with Gasteiger partial charge in [0.1, 0.15) is 11.6 Å². The molecule has 0 saturated carbocycles. The molecule has 0 aliphatic carbocycles. The minimum atomic E-state index is -0.129. The van der Waals surface area contributed by atoms with Crippen LogP contribution in [0.5, 0.6) is 5.75 Å². The third-order valence-corrected chi connectivity index (χ3v) is 5.17. The maximum atomic E-state index is 12.1. The number of hydrogen-bond donors (Lipinski definition) is 1. The summed E-state index contributed by atoms with van der Waals surface area (Å²) in [6, 6.07) is 5.67. The quantitative estimate of drug-likeness (QED) is 0.323. The summed E-state index contributed by atoms with van der Waals surface area (Å²) in [7, 11) is 1.61. The maximum absolute atomic E-state index is 12.1. The molecular weight excluding hydrogens is 440 g/mol. The number of nitrogens with one attached hydrogen (secondary N) is 1. The lowest BCUT2D eigenvalue weighted by Crippen LogP contribution is -2.23. The lowest BCUT2D eigenvalue weighted by atomic mass is 10.2. The summed E-state index contributed by atoms with van der Waals surface area (Å²) in [4.78, 5) is 12.1. The fraction of sp³-hybridized carbons (Fsp3) is 0.450. The molecule has 1 N–H and O–H groups in total. The van der Waals surface area contributed by atoms with Crippen LogP contribution in [0.15, 0.2) is 33.9 Å². The van der Waals surface area contributed by atoms with Gasteiger partial charge in [-0.2, -0.15) is 0 Å². The number of aromatic nitrogens is 3. The minimum Gasteiger partial charge on any atom is -0.496 e. The number of carbonyl (C=O) groups excluding carboxylic acids is 1. The van der Waals surface area contributed by atoms with Gasteiger partial charge in [-0.3, -0.25) is 4.79 Å². The topological polar surface area (TPSA) is 69.0 Å². The number of thioether (sulfide) groups is 1. The SMILES string of the molecule is COc1ccc(Br)cc1/C=C/C(=O)NCCCc1nnc(SC)n1CC(C)C. The van der Waals surface area contributed by atoms with E-state index >= 15 is 0 Å². The second-order valence-corrected chi connectivity index (χ2v) is 8.41. The number of rotatable bonds is 10. The van der Waals surface area contributed by atoms with Crippen molar-refractivity contribution in [1.29, 1.82) is 0 Å². The molecule has 2 aromatic rings. The molecule has 0 spiro atoms. The zero-order valence-electron chi connectivity index (χ0n) is 16.7. The number of amides is 1. The standard InChI is InChI=1S/C20H27BrN4O2S/c1-14(2)13-25-18(23-24-20(25)28-4)6-5-11-22-19(26)10-7-15-12-16(21)8-9-17(15)27-3/h7-10,12,14H,5-6,11,13H2,1-4H3,(H,22,26)/b10-7+. The molecule has 1 heterocycles. The molecule has 152 valence electrons. The first-order valence-electron chi connectivity index (χ1n) is 9.20. The highest BCUT2D eigenvalue weighted by atomic mass is 79.9. The third-order valence-electron chi connectivity index (χ3n) is 4.01. The summed E-state index contributed by atoms with van der Waals surface area (Å²) in [6.45, 7) is 5.85. The Morgan fingerprint density at radius 1 is 1.39 bits per heavy atom. The van der Waals surface area contributed by atoms with E-state index in [1.54, 1.807) is 24.9 Å². The first-order valence-corrected chi connectivity index (χ1v) is 11.2. The van der Waals surface area contributed by atoms with Crippen LogP contribution in [0.4, 0.5) is 0 Å².